The van der Waals surface area contributed by atoms with Crippen molar-refractivity contribution in [2.24, 2.45) is 0 Å². The number of nitrogens with one attached hydrogen (secondary N) is 2. The van der Waals surface area contributed by atoms with Crippen LogP contribution in [0.4, 0.5) is 0 Å². The Morgan fingerprint density at radius 2 is 0.448 bits per heavy atom. The van der Waals surface area contributed by atoms with Crippen LogP contribution in [0.3, 0.4) is 0 Å². The minimum Gasteiger partial charge on any atom is -0.493 e. The highest BCUT2D eigenvalue weighted by Crippen LogP contribution is 2.24. The molecule has 2 N–H and O–H groups in total. The van der Waals surface area contributed by atoms with Crippen LogP contribution >= 0.6 is 0 Å². The summed E-state index contributed by atoms with van der Waals surface area (Å²) < 4.78 is 6.34. The van der Waals surface area contributed by atoms with Crippen molar-refractivity contribution in [3.63, 3.8) is 0 Å². The number of amides is 2. The first-order valence-electron chi connectivity index (χ1n) is 40.5. The summed E-state index contributed by atoms with van der Waals surface area (Å²) in [6.45, 7) is 8.85. The van der Waals surface area contributed by atoms with E-state index in [1.54, 1.807) is 0 Å². The quantitative estimate of drug-likeness (QED) is 0.0639. The lowest BCUT2D eigenvalue weighted by atomic mass is 10.0. The molecular weight excluding hydrogens is 1060 g/mol. The fraction of sp³-hybridized carbons (Fsp3) is 0.902. The van der Waals surface area contributed by atoms with Gasteiger partial charge in [0.2, 0.25) is 0 Å². The molecule has 0 unspecified atom stereocenters. The Labute approximate surface area is 546 Å². The Morgan fingerprint density at radius 3 is 0.678 bits per heavy atom. The van der Waals surface area contributed by atoms with Gasteiger partial charge in [0.15, 0.2) is 0 Å². The second-order valence-electron chi connectivity index (χ2n) is 28.1. The summed E-state index contributed by atoms with van der Waals surface area (Å²) >= 11 is 0. The van der Waals surface area contributed by atoms with Crippen molar-refractivity contribution in [2.45, 2.75) is 457 Å². The number of hydrogen-bond acceptors (Lipinski definition) is 3. The third kappa shape index (κ3) is 61.2. The van der Waals surface area contributed by atoms with E-state index in [-0.39, 0.29) is 11.8 Å². The standard InChI is InChI=1S/C82H156N2O3/c1-4-7-10-13-16-19-22-25-28-30-32-34-36-38-40-42-44-46-48-50-52-54-57-60-63-66-69-74-83-81(85)78-72-73-79(80(77-78)87-76-71-68-65-62-59-56-27-24-21-18-15-12-9-6-3)82(86)84-75-70-67-64-61-58-55-53-51-49-47-45-43-41-39-37-35-33-31-29-26-23-20-17-14-11-8-5-2/h72-73,77H,4-71,74-76H2,1-3H3,(H,83,85)(H,84,86). The lowest BCUT2D eigenvalue weighted by molar-refractivity contribution is 0.0937. The van der Waals surface area contributed by atoms with Crippen molar-refractivity contribution in [2.75, 3.05) is 19.7 Å². The minimum atomic E-state index is -0.0894. The topological polar surface area (TPSA) is 67.4 Å². The predicted molar refractivity (Wildman–Crippen MR) is 388 cm³/mol. The summed E-state index contributed by atoms with van der Waals surface area (Å²) in [5, 5.41) is 6.36. The normalized spacial score (nSPS) is 11.5. The summed E-state index contributed by atoms with van der Waals surface area (Å²) in [5.41, 5.74) is 1.13. The van der Waals surface area contributed by atoms with Crippen LogP contribution < -0.4 is 15.4 Å². The van der Waals surface area contributed by atoms with Gasteiger partial charge in [0.05, 0.1) is 12.2 Å². The SMILES string of the molecule is CCCCCCCCCCCCCCCCCCCCCCCCCCCCCNC(=O)c1ccc(C(=O)NCCCCCCCCCCCCCCCCCCCCCCCCCCCCC)c(OCCCCCCCCCCCCCCCC)c1. The molecule has 0 aliphatic carbocycles. The molecule has 5 heteroatoms. The van der Waals surface area contributed by atoms with Gasteiger partial charge in [0.25, 0.3) is 11.8 Å². The molecule has 0 bridgehead atoms. The van der Waals surface area contributed by atoms with Gasteiger partial charge in [-0.25, -0.2) is 0 Å². The highest BCUT2D eigenvalue weighted by atomic mass is 16.5. The molecule has 1 aromatic carbocycles. The van der Waals surface area contributed by atoms with Gasteiger partial charge in [0.1, 0.15) is 5.75 Å². The first kappa shape index (κ1) is 83.0. The number of unbranched alkanes of at least 4 members (excludes halogenated alkanes) is 65. The molecule has 0 spiro atoms. The van der Waals surface area contributed by atoms with E-state index in [2.05, 4.69) is 31.4 Å². The first-order chi connectivity index (χ1) is 43.1. The molecule has 0 saturated carbocycles. The van der Waals surface area contributed by atoms with Crippen LogP contribution in [0.15, 0.2) is 18.2 Å². The number of rotatable bonds is 74. The van der Waals surface area contributed by atoms with Crippen LogP contribution in [0.2, 0.25) is 0 Å². The molecule has 0 heterocycles. The molecular formula is C82H156N2O3. The summed E-state index contributed by atoms with van der Waals surface area (Å²) in [5.74, 6) is 0.387. The van der Waals surface area contributed by atoms with E-state index in [1.807, 2.05) is 18.2 Å². The fourth-order valence-corrected chi connectivity index (χ4v) is 13.3. The van der Waals surface area contributed by atoms with Crippen molar-refractivity contribution in [1.29, 1.82) is 0 Å². The van der Waals surface area contributed by atoms with Crippen LogP contribution in [0.5, 0.6) is 5.75 Å². The second-order valence-corrected chi connectivity index (χ2v) is 28.1. The van der Waals surface area contributed by atoms with Gasteiger partial charge < -0.3 is 15.4 Å². The molecule has 1 aromatic rings. The molecule has 0 aliphatic rings. The summed E-state index contributed by atoms with van der Waals surface area (Å²) in [7, 11) is 0. The largest absolute Gasteiger partial charge is 0.493 e. The zero-order chi connectivity index (χ0) is 62.3. The van der Waals surface area contributed by atoms with Crippen molar-refractivity contribution in [3.05, 3.63) is 29.3 Å². The molecule has 0 saturated heterocycles. The van der Waals surface area contributed by atoms with Gasteiger partial charge in [-0.3, -0.25) is 9.59 Å². The molecule has 2 amide bonds. The third-order valence-corrected chi connectivity index (χ3v) is 19.4. The number of carbonyl (C=O) groups excluding carboxylic acids is 2. The maximum Gasteiger partial charge on any atom is 0.255 e. The molecule has 87 heavy (non-hydrogen) atoms. The van der Waals surface area contributed by atoms with E-state index in [1.165, 1.54) is 398 Å². The number of benzene rings is 1. The minimum absolute atomic E-state index is 0.0705. The smallest absolute Gasteiger partial charge is 0.255 e. The fourth-order valence-electron chi connectivity index (χ4n) is 13.3. The number of carbonyl (C=O) groups is 2. The van der Waals surface area contributed by atoms with Crippen LogP contribution in [-0.2, 0) is 0 Å². The van der Waals surface area contributed by atoms with Gasteiger partial charge in [-0.1, -0.05) is 438 Å². The monoisotopic (exact) mass is 1220 g/mol. The lowest BCUT2D eigenvalue weighted by Crippen LogP contribution is -2.26. The molecule has 0 aromatic heterocycles. The van der Waals surface area contributed by atoms with Crippen LogP contribution in [-0.4, -0.2) is 31.5 Å². The van der Waals surface area contributed by atoms with Gasteiger partial charge in [0, 0.05) is 18.7 Å². The van der Waals surface area contributed by atoms with Crippen molar-refractivity contribution >= 4 is 11.8 Å². The van der Waals surface area contributed by atoms with E-state index in [0.717, 1.165) is 38.5 Å². The zero-order valence-corrected chi connectivity index (χ0v) is 59.7. The highest BCUT2D eigenvalue weighted by molar-refractivity contribution is 6.00. The Balaban J connectivity index is 2.21. The van der Waals surface area contributed by atoms with E-state index >= 15 is 0 Å². The average Bonchev–Trinajstić information content (AvgIpc) is 3.41. The molecule has 5 nitrogen and oxygen atoms in total. The molecule has 0 aliphatic heterocycles. The second kappa shape index (κ2) is 71.4. The maximum absolute atomic E-state index is 13.6. The number of ether oxygens (including phenoxy) is 1. The van der Waals surface area contributed by atoms with E-state index < -0.39 is 0 Å². The van der Waals surface area contributed by atoms with Gasteiger partial charge >= 0.3 is 0 Å². The molecule has 0 radical (unpaired) electrons. The van der Waals surface area contributed by atoms with Crippen molar-refractivity contribution < 1.29 is 14.3 Å². The molecule has 0 atom stereocenters. The summed E-state index contributed by atoms with van der Waals surface area (Å²) in [6, 6.07) is 5.44. The Hall–Kier alpha value is -2.04. The Morgan fingerprint density at radius 1 is 0.253 bits per heavy atom. The van der Waals surface area contributed by atoms with Crippen LogP contribution in [0.1, 0.15) is 478 Å². The van der Waals surface area contributed by atoms with E-state index in [0.29, 0.717) is 36.6 Å². The Kier molecular flexibility index (Phi) is 68.1. The van der Waals surface area contributed by atoms with Crippen molar-refractivity contribution in [1.82, 2.24) is 10.6 Å². The molecule has 512 valence electrons. The third-order valence-electron chi connectivity index (χ3n) is 19.4. The molecule has 1 rings (SSSR count). The van der Waals surface area contributed by atoms with E-state index in [4.69, 9.17) is 4.74 Å². The van der Waals surface area contributed by atoms with Crippen LogP contribution in [0.25, 0.3) is 0 Å². The lowest BCUT2D eigenvalue weighted by Gasteiger charge is -2.14. The van der Waals surface area contributed by atoms with Crippen molar-refractivity contribution in [3.8, 4) is 5.75 Å². The maximum atomic E-state index is 13.6. The highest BCUT2D eigenvalue weighted by Gasteiger charge is 2.16. The van der Waals surface area contributed by atoms with E-state index in [9.17, 15) is 9.59 Å². The summed E-state index contributed by atoms with van der Waals surface area (Å²) in [4.78, 5) is 26.9. The van der Waals surface area contributed by atoms with Gasteiger partial charge in [-0.05, 0) is 37.5 Å². The van der Waals surface area contributed by atoms with Gasteiger partial charge in [-0.15, -0.1) is 0 Å². The average molecular weight is 1220 g/mol. The Bertz CT molecular complexity index is 1510. The molecule has 0 fully saturated rings. The van der Waals surface area contributed by atoms with Gasteiger partial charge in [-0.2, -0.15) is 0 Å². The predicted octanol–water partition coefficient (Wildman–Crippen LogP) is 28.1. The number of hydrogen-bond donors (Lipinski definition) is 2. The summed E-state index contributed by atoms with van der Waals surface area (Å²) in [6.07, 6.45) is 93.9. The van der Waals surface area contributed by atoms with Crippen LogP contribution in [0, 0.1) is 0 Å². The first-order valence-corrected chi connectivity index (χ1v) is 40.5. The zero-order valence-electron chi connectivity index (χ0n) is 59.7.